The summed E-state index contributed by atoms with van der Waals surface area (Å²) in [6.45, 7) is 2.88. The third kappa shape index (κ3) is 6.22. The number of aryl methyl sites for hydroxylation is 1. The van der Waals surface area contributed by atoms with Crippen LogP contribution in [0.5, 0.6) is 5.75 Å². The van der Waals surface area contributed by atoms with Crippen molar-refractivity contribution >= 4 is 17.7 Å². The summed E-state index contributed by atoms with van der Waals surface area (Å²) in [4.78, 5) is 26.5. The minimum atomic E-state index is -4.43. The van der Waals surface area contributed by atoms with E-state index in [0.29, 0.717) is 54.1 Å². The van der Waals surface area contributed by atoms with Gasteiger partial charge < -0.3 is 19.7 Å². The van der Waals surface area contributed by atoms with Gasteiger partial charge in [0.2, 0.25) is 0 Å². The Labute approximate surface area is 213 Å². The third-order valence-electron chi connectivity index (χ3n) is 6.29. The molecule has 3 aromatic rings. The van der Waals surface area contributed by atoms with E-state index in [1.807, 2.05) is 13.0 Å². The number of methoxy groups -OCH3 is 1. The predicted molar refractivity (Wildman–Crippen MR) is 134 cm³/mol. The van der Waals surface area contributed by atoms with Crippen molar-refractivity contribution in [1.29, 1.82) is 0 Å². The van der Waals surface area contributed by atoms with E-state index in [1.165, 1.54) is 19.2 Å². The van der Waals surface area contributed by atoms with E-state index in [9.17, 15) is 22.8 Å². The number of alkyl halides is 3. The van der Waals surface area contributed by atoms with Gasteiger partial charge in [0.1, 0.15) is 11.9 Å². The second-order valence-electron chi connectivity index (χ2n) is 8.83. The highest BCUT2D eigenvalue weighted by molar-refractivity contribution is 6.09. The highest BCUT2D eigenvalue weighted by Crippen LogP contribution is 2.33. The van der Waals surface area contributed by atoms with Gasteiger partial charge in [-0.1, -0.05) is 30.3 Å². The fraction of sp³-hybridized carbons (Fsp3) is 0.286. The minimum Gasteiger partial charge on any atom is -0.490 e. The maximum atomic E-state index is 13.2. The number of benzene rings is 3. The lowest BCUT2D eigenvalue weighted by Gasteiger charge is -2.31. The van der Waals surface area contributed by atoms with Gasteiger partial charge in [0.05, 0.1) is 12.7 Å². The van der Waals surface area contributed by atoms with E-state index >= 15 is 0 Å². The van der Waals surface area contributed by atoms with Gasteiger partial charge >= 0.3 is 12.3 Å². The zero-order valence-corrected chi connectivity index (χ0v) is 20.5. The van der Waals surface area contributed by atoms with Crippen LogP contribution < -0.4 is 10.1 Å². The topological polar surface area (TPSA) is 67.9 Å². The van der Waals surface area contributed by atoms with Crippen LogP contribution in [0.2, 0.25) is 0 Å². The first-order chi connectivity index (χ1) is 17.7. The van der Waals surface area contributed by atoms with E-state index in [2.05, 4.69) is 5.32 Å². The standard InChI is InChI=1S/C28H27F3N2O4/c1-18-5-3-8-24(25(18)19-9-11-20(12-10-19)28(29,30)31)26(34)32-21-6-4-7-23(17-21)37-22-13-15-33(16-14-22)27(35)36-2/h3-12,17,22H,13-16H2,1-2H3,(H,32,34). The number of likely N-dealkylation sites (tertiary alicyclic amines) is 1. The average Bonchev–Trinajstić information content (AvgIpc) is 2.88. The summed E-state index contributed by atoms with van der Waals surface area (Å²) in [6, 6.07) is 17.0. The lowest BCUT2D eigenvalue weighted by Crippen LogP contribution is -2.41. The average molecular weight is 513 g/mol. The molecule has 2 amide bonds. The maximum Gasteiger partial charge on any atom is 0.416 e. The minimum absolute atomic E-state index is 0.0742. The molecule has 9 heteroatoms. The zero-order valence-electron chi connectivity index (χ0n) is 20.5. The number of hydrogen-bond acceptors (Lipinski definition) is 4. The van der Waals surface area contributed by atoms with Crippen LogP contribution in [0.25, 0.3) is 11.1 Å². The molecule has 4 rings (SSSR count). The van der Waals surface area contributed by atoms with E-state index in [1.54, 1.807) is 41.3 Å². The van der Waals surface area contributed by atoms with Crippen molar-refractivity contribution in [2.75, 3.05) is 25.5 Å². The second-order valence-corrected chi connectivity index (χ2v) is 8.83. The lowest BCUT2D eigenvalue weighted by molar-refractivity contribution is -0.137. The van der Waals surface area contributed by atoms with Gasteiger partial charge in [-0.15, -0.1) is 0 Å². The largest absolute Gasteiger partial charge is 0.490 e. The fourth-order valence-corrected chi connectivity index (χ4v) is 4.39. The van der Waals surface area contributed by atoms with Gasteiger partial charge in [-0.25, -0.2) is 4.79 Å². The Hall–Kier alpha value is -4.01. The number of rotatable bonds is 5. The fourth-order valence-electron chi connectivity index (χ4n) is 4.39. The number of anilines is 1. The number of ether oxygens (including phenoxy) is 2. The van der Waals surface area contributed by atoms with Crippen LogP contribution in [-0.4, -0.2) is 43.2 Å². The smallest absolute Gasteiger partial charge is 0.416 e. The summed E-state index contributed by atoms with van der Waals surface area (Å²) in [5, 5.41) is 2.87. The normalized spacial score (nSPS) is 14.2. The van der Waals surface area contributed by atoms with Gasteiger partial charge in [-0.05, 0) is 53.9 Å². The van der Waals surface area contributed by atoms with Crippen LogP contribution in [-0.2, 0) is 10.9 Å². The summed E-state index contributed by atoms with van der Waals surface area (Å²) in [6.07, 6.45) is -3.54. The highest BCUT2D eigenvalue weighted by atomic mass is 19.4. The van der Waals surface area contributed by atoms with Gasteiger partial charge in [0.15, 0.2) is 0 Å². The van der Waals surface area contributed by atoms with Crippen molar-refractivity contribution in [3.05, 3.63) is 83.4 Å². The molecule has 1 heterocycles. The first-order valence-corrected chi connectivity index (χ1v) is 11.8. The molecule has 0 atom stereocenters. The molecule has 0 saturated carbocycles. The first kappa shape index (κ1) is 26.1. The van der Waals surface area contributed by atoms with Crippen molar-refractivity contribution < 1.29 is 32.2 Å². The van der Waals surface area contributed by atoms with Crippen molar-refractivity contribution in [3.63, 3.8) is 0 Å². The Morgan fingerprint density at radius 1 is 0.973 bits per heavy atom. The van der Waals surface area contributed by atoms with E-state index < -0.39 is 11.7 Å². The summed E-state index contributed by atoms with van der Waals surface area (Å²) in [7, 11) is 1.36. The Bertz CT molecular complexity index is 1270. The summed E-state index contributed by atoms with van der Waals surface area (Å²) < 4.78 is 49.8. The molecule has 1 fully saturated rings. The molecular weight excluding hydrogens is 485 g/mol. The molecule has 1 N–H and O–H groups in total. The van der Waals surface area contributed by atoms with E-state index in [4.69, 9.17) is 9.47 Å². The van der Waals surface area contributed by atoms with Crippen LogP contribution in [0.4, 0.5) is 23.7 Å². The van der Waals surface area contributed by atoms with Gasteiger partial charge in [-0.2, -0.15) is 13.2 Å². The van der Waals surface area contributed by atoms with Gasteiger partial charge in [-0.3, -0.25) is 4.79 Å². The molecule has 1 saturated heterocycles. The molecule has 0 aromatic heterocycles. The van der Waals surface area contributed by atoms with Crippen LogP contribution in [0.15, 0.2) is 66.7 Å². The molecule has 194 valence electrons. The first-order valence-electron chi connectivity index (χ1n) is 11.8. The SMILES string of the molecule is COC(=O)N1CCC(Oc2cccc(NC(=O)c3cccc(C)c3-c3ccc(C(F)(F)F)cc3)c2)CC1. The Morgan fingerprint density at radius 2 is 1.65 bits per heavy atom. The molecule has 0 spiro atoms. The highest BCUT2D eigenvalue weighted by Gasteiger charge is 2.30. The van der Waals surface area contributed by atoms with Gasteiger partial charge in [0, 0.05) is 43.2 Å². The van der Waals surface area contributed by atoms with Gasteiger partial charge in [0.25, 0.3) is 5.91 Å². The molecule has 1 aliphatic heterocycles. The van der Waals surface area contributed by atoms with Crippen LogP contribution in [0.1, 0.15) is 34.3 Å². The number of hydrogen-bond donors (Lipinski definition) is 1. The number of carbonyl (C=O) groups is 2. The number of halogens is 3. The molecule has 0 radical (unpaired) electrons. The van der Waals surface area contributed by atoms with E-state index in [-0.39, 0.29) is 18.1 Å². The molecule has 6 nitrogen and oxygen atoms in total. The molecule has 37 heavy (non-hydrogen) atoms. The molecule has 0 bridgehead atoms. The monoisotopic (exact) mass is 512 g/mol. The number of carbonyl (C=O) groups excluding carboxylic acids is 2. The van der Waals surface area contributed by atoms with Crippen LogP contribution in [0, 0.1) is 6.92 Å². The molecule has 3 aromatic carbocycles. The van der Waals surface area contributed by atoms with Crippen LogP contribution in [0.3, 0.4) is 0 Å². The predicted octanol–water partition coefficient (Wildman–Crippen LogP) is 6.54. The lowest BCUT2D eigenvalue weighted by atomic mass is 9.94. The molecular formula is C28H27F3N2O4. The second kappa shape index (κ2) is 10.9. The molecule has 0 aliphatic carbocycles. The number of amides is 2. The van der Waals surface area contributed by atoms with Crippen molar-refractivity contribution in [2.24, 2.45) is 0 Å². The quantitative estimate of drug-likeness (QED) is 0.421. The summed E-state index contributed by atoms with van der Waals surface area (Å²) in [5.41, 5.74) is 1.98. The van der Waals surface area contributed by atoms with Crippen molar-refractivity contribution in [1.82, 2.24) is 4.90 Å². The zero-order chi connectivity index (χ0) is 26.6. The van der Waals surface area contributed by atoms with Crippen LogP contribution >= 0.6 is 0 Å². The number of nitrogens with zero attached hydrogens (tertiary/aromatic N) is 1. The Morgan fingerprint density at radius 3 is 2.30 bits per heavy atom. The summed E-state index contributed by atoms with van der Waals surface area (Å²) in [5.74, 6) is 0.198. The Balaban J connectivity index is 1.48. The number of nitrogens with one attached hydrogen (secondary N) is 1. The van der Waals surface area contributed by atoms with E-state index in [0.717, 1.165) is 17.7 Å². The van der Waals surface area contributed by atoms with Crippen molar-refractivity contribution in [2.45, 2.75) is 32.0 Å². The number of piperidine rings is 1. The Kier molecular flexibility index (Phi) is 7.71. The van der Waals surface area contributed by atoms with Crippen molar-refractivity contribution in [3.8, 4) is 16.9 Å². The summed E-state index contributed by atoms with van der Waals surface area (Å²) >= 11 is 0. The molecule has 1 aliphatic rings. The maximum absolute atomic E-state index is 13.2. The third-order valence-corrected chi connectivity index (χ3v) is 6.29. The molecule has 0 unspecified atom stereocenters.